The standard InChI is InChI=1S/C18H19NO2S/c1-14-16(13-22(2)21)9-6-10-17(14)19-18(20)12-11-15-7-4-3-5-8-15/h3-12H,13H2,1-2H3,(H,19,20)/b12-11+. The van der Waals surface area contributed by atoms with Crippen molar-refractivity contribution in [3.05, 3.63) is 71.3 Å². The number of carbonyl (C=O) groups excluding carboxylic acids is 1. The van der Waals surface area contributed by atoms with Crippen molar-refractivity contribution in [2.45, 2.75) is 12.7 Å². The monoisotopic (exact) mass is 313 g/mol. The van der Waals surface area contributed by atoms with Crippen molar-refractivity contribution >= 4 is 28.5 Å². The van der Waals surface area contributed by atoms with Crippen LogP contribution >= 0.6 is 0 Å². The Balaban J connectivity index is 2.09. The maximum Gasteiger partial charge on any atom is 0.248 e. The molecule has 0 spiro atoms. The Bertz CT molecular complexity index is 708. The lowest BCUT2D eigenvalue weighted by Gasteiger charge is -2.10. The highest BCUT2D eigenvalue weighted by Crippen LogP contribution is 2.20. The summed E-state index contributed by atoms with van der Waals surface area (Å²) in [7, 11) is -0.903. The van der Waals surface area contributed by atoms with Gasteiger partial charge in [-0.25, -0.2) is 0 Å². The van der Waals surface area contributed by atoms with Crippen molar-refractivity contribution < 1.29 is 9.00 Å². The second-order valence-electron chi connectivity index (χ2n) is 5.04. The third-order valence-electron chi connectivity index (χ3n) is 3.29. The maximum atomic E-state index is 12.0. The van der Waals surface area contributed by atoms with E-state index in [9.17, 15) is 9.00 Å². The first kappa shape index (κ1) is 16.2. The average Bonchev–Trinajstić information content (AvgIpc) is 2.50. The van der Waals surface area contributed by atoms with Crippen molar-refractivity contribution in [3.8, 4) is 0 Å². The SMILES string of the molecule is Cc1c(CS(C)=O)cccc1NC(=O)/C=C/c1ccccc1. The van der Waals surface area contributed by atoms with Gasteiger partial charge in [0.05, 0.1) is 0 Å². The van der Waals surface area contributed by atoms with Crippen LogP contribution in [0, 0.1) is 6.92 Å². The van der Waals surface area contributed by atoms with Gasteiger partial charge in [-0.15, -0.1) is 0 Å². The van der Waals surface area contributed by atoms with Crippen LogP contribution in [0.1, 0.15) is 16.7 Å². The normalized spacial score (nSPS) is 12.3. The summed E-state index contributed by atoms with van der Waals surface area (Å²) in [4.78, 5) is 12.0. The lowest BCUT2D eigenvalue weighted by molar-refractivity contribution is -0.111. The summed E-state index contributed by atoms with van der Waals surface area (Å²) >= 11 is 0. The van der Waals surface area contributed by atoms with Gasteiger partial charge in [-0.05, 0) is 35.8 Å². The third-order valence-corrected chi connectivity index (χ3v) is 4.01. The minimum absolute atomic E-state index is 0.179. The molecule has 22 heavy (non-hydrogen) atoms. The number of carbonyl (C=O) groups is 1. The Morgan fingerprint density at radius 2 is 1.86 bits per heavy atom. The molecule has 3 nitrogen and oxygen atoms in total. The van der Waals surface area contributed by atoms with Gasteiger partial charge >= 0.3 is 0 Å². The highest BCUT2D eigenvalue weighted by molar-refractivity contribution is 7.83. The van der Waals surface area contributed by atoms with Gasteiger partial charge in [-0.3, -0.25) is 9.00 Å². The molecular formula is C18H19NO2S. The molecule has 0 fully saturated rings. The molecule has 2 rings (SSSR count). The lowest BCUT2D eigenvalue weighted by Crippen LogP contribution is -2.10. The minimum atomic E-state index is -0.903. The summed E-state index contributed by atoms with van der Waals surface area (Å²) in [5.74, 6) is 0.316. The molecule has 0 radical (unpaired) electrons. The summed E-state index contributed by atoms with van der Waals surface area (Å²) in [5, 5.41) is 2.87. The lowest BCUT2D eigenvalue weighted by atomic mass is 10.1. The first-order valence-corrected chi connectivity index (χ1v) is 8.71. The van der Waals surface area contributed by atoms with Crippen molar-refractivity contribution in [2.24, 2.45) is 0 Å². The summed E-state index contributed by atoms with van der Waals surface area (Å²) in [5.41, 5.74) is 3.68. The molecule has 1 unspecified atom stereocenters. The van der Waals surface area contributed by atoms with Crippen LogP contribution in [0.5, 0.6) is 0 Å². The molecule has 114 valence electrons. The number of benzene rings is 2. The van der Waals surface area contributed by atoms with E-state index in [2.05, 4.69) is 5.32 Å². The van der Waals surface area contributed by atoms with Crippen LogP contribution in [0.2, 0.25) is 0 Å². The molecule has 0 aromatic heterocycles. The van der Waals surface area contributed by atoms with Gasteiger partial charge in [-0.2, -0.15) is 0 Å². The molecule has 2 aromatic carbocycles. The summed E-state index contributed by atoms with van der Waals surface area (Å²) in [6.07, 6.45) is 4.96. The predicted molar refractivity (Wildman–Crippen MR) is 93.1 cm³/mol. The average molecular weight is 313 g/mol. The zero-order chi connectivity index (χ0) is 15.9. The van der Waals surface area contributed by atoms with E-state index in [1.807, 2.05) is 55.5 Å². The zero-order valence-corrected chi connectivity index (χ0v) is 13.5. The van der Waals surface area contributed by atoms with Crippen LogP contribution in [0.3, 0.4) is 0 Å². The molecule has 0 aliphatic heterocycles. The molecule has 1 atom stereocenters. The molecule has 2 aromatic rings. The minimum Gasteiger partial charge on any atom is -0.322 e. The van der Waals surface area contributed by atoms with E-state index >= 15 is 0 Å². The van der Waals surface area contributed by atoms with E-state index in [4.69, 9.17) is 0 Å². The molecule has 0 saturated heterocycles. The molecule has 0 aliphatic carbocycles. The van der Waals surface area contributed by atoms with Crippen LogP contribution in [0.15, 0.2) is 54.6 Å². The van der Waals surface area contributed by atoms with Gasteiger partial charge in [0.2, 0.25) is 5.91 Å². The number of rotatable bonds is 5. The largest absolute Gasteiger partial charge is 0.322 e. The Hall–Kier alpha value is -2.20. The Morgan fingerprint density at radius 3 is 2.55 bits per heavy atom. The highest BCUT2D eigenvalue weighted by atomic mass is 32.2. The summed E-state index contributed by atoms with van der Waals surface area (Å²) in [6.45, 7) is 1.93. The molecule has 0 saturated carbocycles. The van der Waals surface area contributed by atoms with E-state index in [0.717, 1.165) is 22.4 Å². The zero-order valence-electron chi connectivity index (χ0n) is 12.7. The van der Waals surface area contributed by atoms with E-state index in [1.54, 1.807) is 12.3 Å². The van der Waals surface area contributed by atoms with E-state index in [-0.39, 0.29) is 5.91 Å². The molecule has 1 amide bonds. The molecule has 0 bridgehead atoms. The van der Waals surface area contributed by atoms with Crippen molar-refractivity contribution in [2.75, 3.05) is 11.6 Å². The predicted octanol–water partition coefficient (Wildman–Crippen LogP) is 3.53. The number of anilines is 1. The van der Waals surface area contributed by atoms with Crippen LogP contribution in [-0.2, 0) is 21.3 Å². The van der Waals surface area contributed by atoms with Gasteiger partial charge in [-0.1, -0.05) is 42.5 Å². The van der Waals surface area contributed by atoms with Gasteiger partial charge in [0, 0.05) is 34.6 Å². The highest BCUT2D eigenvalue weighted by Gasteiger charge is 2.07. The molecule has 0 aliphatic rings. The Labute approximate surface area is 133 Å². The van der Waals surface area contributed by atoms with E-state index in [1.165, 1.54) is 6.08 Å². The Kier molecular flexibility index (Phi) is 5.67. The molecule has 4 heteroatoms. The number of hydrogen-bond donors (Lipinski definition) is 1. The van der Waals surface area contributed by atoms with Crippen molar-refractivity contribution in [1.82, 2.24) is 0 Å². The van der Waals surface area contributed by atoms with Crippen LogP contribution in [-0.4, -0.2) is 16.4 Å². The fourth-order valence-electron chi connectivity index (χ4n) is 2.10. The summed E-state index contributed by atoms with van der Waals surface area (Å²) in [6, 6.07) is 15.3. The van der Waals surface area contributed by atoms with E-state index < -0.39 is 10.8 Å². The van der Waals surface area contributed by atoms with Gasteiger partial charge in [0.1, 0.15) is 0 Å². The van der Waals surface area contributed by atoms with Crippen molar-refractivity contribution in [3.63, 3.8) is 0 Å². The van der Waals surface area contributed by atoms with Gasteiger partial charge < -0.3 is 5.32 Å². The van der Waals surface area contributed by atoms with Crippen LogP contribution in [0.4, 0.5) is 5.69 Å². The maximum absolute atomic E-state index is 12.0. The topological polar surface area (TPSA) is 46.2 Å². The molecular weight excluding hydrogens is 294 g/mol. The first-order valence-electron chi connectivity index (χ1n) is 6.99. The summed E-state index contributed by atoms with van der Waals surface area (Å²) < 4.78 is 11.4. The first-order chi connectivity index (χ1) is 10.6. The van der Waals surface area contributed by atoms with Crippen LogP contribution in [0.25, 0.3) is 6.08 Å². The molecule has 1 N–H and O–H groups in total. The second-order valence-corrected chi connectivity index (χ2v) is 6.48. The molecule has 0 heterocycles. The number of hydrogen-bond acceptors (Lipinski definition) is 2. The fourth-order valence-corrected chi connectivity index (χ4v) is 2.86. The van der Waals surface area contributed by atoms with Crippen LogP contribution < -0.4 is 5.32 Å². The number of amides is 1. The second kappa shape index (κ2) is 7.71. The Morgan fingerprint density at radius 1 is 1.14 bits per heavy atom. The quantitative estimate of drug-likeness (QED) is 0.858. The smallest absolute Gasteiger partial charge is 0.248 e. The van der Waals surface area contributed by atoms with Crippen molar-refractivity contribution in [1.29, 1.82) is 0 Å². The van der Waals surface area contributed by atoms with E-state index in [0.29, 0.717) is 5.75 Å². The van der Waals surface area contributed by atoms with Gasteiger partial charge in [0.25, 0.3) is 0 Å². The number of nitrogens with one attached hydrogen (secondary N) is 1. The van der Waals surface area contributed by atoms with Gasteiger partial charge in [0.15, 0.2) is 0 Å². The fraction of sp³-hybridized carbons (Fsp3) is 0.167. The third kappa shape index (κ3) is 4.67.